The summed E-state index contributed by atoms with van der Waals surface area (Å²) in [4.78, 5) is 15.3. The van der Waals surface area contributed by atoms with E-state index in [0.29, 0.717) is 12.2 Å². The Balaban J connectivity index is 2.97. The molecule has 2 atom stereocenters. The molecule has 19 heavy (non-hydrogen) atoms. The van der Waals surface area contributed by atoms with Crippen molar-refractivity contribution in [1.29, 1.82) is 5.41 Å². The maximum Gasteiger partial charge on any atom is 0.307 e. The number of carbonyl (C=O) groups is 1. The third kappa shape index (κ3) is 3.94. The minimum atomic E-state index is -0.932. The first-order valence-electron chi connectivity index (χ1n) is 6.10. The normalized spacial score (nSPS) is 14.1. The van der Waals surface area contributed by atoms with Gasteiger partial charge in [-0.3, -0.25) is 10.2 Å². The first-order valence-corrected chi connectivity index (χ1v) is 6.10. The van der Waals surface area contributed by atoms with E-state index >= 15 is 0 Å². The third-order valence-electron chi connectivity index (χ3n) is 3.14. The van der Waals surface area contributed by atoms with Crippen molar-refractivity contribution in [2.24, 2.45) is 23.5 Å². The molecule has 0 fully saturated rings. The number of aliphatic carboxylic acids is 1. The predicted molar refractivity (Wildman–Crippen MR) is 73.7 cm³/mol. The number of anilines is 1. The van der Waals surface area contributed by atoms with Crippen LogP contribution in [0.15, 0.2) is 18.3 Å². The minimum absolute atomic E-state index is 0.104. The molecule has 104 valence electrons. The quantitative estimate of drug-likeness (QED) is 0.452. The van der Waals surface area contributed by atoms with Crippen LogP contribution in [0.25, 0.3) is 0 Å². The number of carboxylic acid groups (broad SMARTS) is 1. The molecular formula is C13H20N4O2. The number of amidine groups is 1. The lowest BCUT2D eigenvalue weighted by atomic mass is 9.79. The van der Waals surface area contributed by atoms with Crippen molar-refractivity contribution in [1.82, 2.24) is 4.98 Å². The molecule has 0 bridgehead atoms. The van der Waals surface area contributed by atoms with Gasteiger partial charge in [-0.1, -0.05) is 19.9 Å². The monoisotopic (exact) mass is 264 g/mol. The summed E-state index contributed by atoms with van der Waals surface area (Å²) < 4.78 is 0. The fourth-order valence-electron chi connectivity index (χ4n) is 2.16. The number of nitrogen functional groups attached to an aromatic ring is 1. The van der Waals surface area contributed by atoms with E-state index in [1.807, 2.05) is 13.8 Å². The van der Waals surface area contributed by atoms with E-state index in [0.717, 1.165) is 5.56 Å². The molecule has 0 radical (unpaired) electrons. The Bertz CT molecular complexity index is 456. The van der Waals surface area contributed by atoms with Crippen molar-refractivity contribution >= 4 is 17.6 Å². The Morgan fingerprint density at radius 2 is 2.11 bits per heavy atom. The Hall–Kier alpha value is -2.11. The van der Waals surface area contributed by atoms with E-state index in [2.05, 4.69) is 4.98 Å². The lowest BCUT2D eigenvalue weighted by molar-refractivity contribution is -0.144. The van der Waals surface area contributed by atoms with Crippen LogP contribution in [0.3, 0.4) is 0 Å². The first-order chi connectivity index (χ1) is 8.82. The molecule has 0 spiro atoms. The highest BCUT2D eigenvalue weighted by molar-refractivity contribution is 5.85. The maximum atomic E-state index is 11.3. The molecule has 0 amide bonds. The average molecular weight is 264 g/mol. The predicted octanol–water partition coefficient (Wildman–Crippen LogP) is 1.12. The van der Waals surface area contributed by atoms with Crippen molar-refractivity contribution in [3.8, 4) is 0 Å². The highest BCUT2D eigenvalue weighted by Gasteiger charge is 2.33. The van der Waals surface area contributed by atoms with Gasteiger partial charge in [0.2, 0.25) is 0 Å². The van der Waals surface area contributed by atoms with Gasteiger partial charge in [0.25, 0.3) is 0 Å². The highest BCUT2D eigenvalue weighted by Crippen LogP contribution is 2.25. The van der Waals surface area contributed by atoms with Gasteiger partial charge in [0.05, 0.1) is 11.8 Å². The van der Waals surface area contributed by atoms with Gasteiger partial charge in [0, 0.05) is 12.1 Å². The standard InChI is InChI=1S/C13H20N4O2/c1-7(2)11(13(18)19)9(12(15)16)5-8-3-4-10(14)17-6-8/h3-4,6-7,9,11H,5H2,1-2H3,(H2,14,17)(H3,15,16)(H,18,19). The summed E-state index contributed by atoms with van der Waals surface area (Å²) in [5.74, 6) is -1.97. The van der Waals surface area contributed by atoms with Crippen LogP contribution in [0.5, 0.6) is 0 Å². The largest absolute Gasteiger partial charge is 0.481 e. The van der Waals surface area contributed by atoms with Crippen molar-refractivity contribution < 1.29 is 9.90 Å². The second-order valence-corrected chi connectivity index (χ2v) is 4.97. The average Bonchev–Trinajstić information content (AvgIpc) is 2.29. The summed E-state index contributed by atoms with van der Waals surface area (Å²) in [7, 11) is 0. The van der Waals surface area contributed by atoms with Crippen LogP contribution >= 0.6 is 0 Å². The van der Waals surface area contributed by atoms with Gasteiger partial charge in [0.1, 0.15) is 5.82 Å². The van der Waals surface area contributed by atoms with Crippen molar-refractivity contribution in [2.45, 2.75) is 20.3 Å². The van der Waals surface area contributed by atoms with E-state index < -0.39 is 17.8 Å². The molecule has 1 heterocycles. The summed E-state index contributed by atoms with van der Waals surface area (Å²) in [5.41, 5.74) is 11.9. The number of hydrogen-bond donors (Lipinski definition) is 4. The van der Waals surface area contributed by atoms with Gasteiger partial charge in [-0.2, -0.15) is 0 Å². The number of aromatic nitrogens is 1. The summed E-state index contributed by atoms with van der Waals surface area (Å²) in [6.07, 6.45) is 1.96. The number of nitrogens with zero attached hydrogens (tertiary/aromatic N) is 1. The van der Waals surface area contributed by atoms with Gasteiger partial charge >= 0.3 is 5.97 Å². The maximum absolute atomic E-state index is 11.3. The van der Waals surface area contributed by atoms with E-state index in [4.69, 9.17) is 16.9 Å². The Labute approximate surface area is 112 Å². The molecule has 0 aromatic carbocycles. The molecule has 0 aliphatic rings. The number of nitrogens with one attached hydrogen (secondary N) is 1. The smallest absolute Gasteiger partial charge is 0.307 e. The lowest BCUT2D eigenvalue weighted by Gasteiger charge is -2.25. The number of pyridine rings is 1. The van der Waals surface area contributed by atoms with Crippen molar-refractivity contribution in [2.75, 3.05) is 5.73 Å². The van der Waals surface area contributed by atoms with Crippen LogP contribution in [-0.4, -0.2) is 21.9 Å². The van der Waals surface area contributed by atoms with Gasteiger partial charge in [0.15, 0.2) is 0 Å². The molecule has 1 rings (SSSR count). The van der Waals surface area contributed by atoms with Crippen molar-refractivity contribution in [3.63, 3.8) is 0 Å². The fourth-order valence-corrected chi connectivity index (χ4v) is 2.16. The molecule has 6 nitrogen and oxygen atoms in total. The molecule has 0 aliphatic carbocycles. The zero-order chi connectivity index (χ0) is 14.6. The van der Waals surface area contributed by atoms with Crippen LogP contribution in [-0.2, 0) is 11.2 Å². The number of carboxylic acids is 1. The molecule has 2 unspecified atom stereocenters. The second kappa shape index (κ2) is 6.17. The zero-order valence-electron chi connectivity index (χ0n) is 11.1. The SMILES string of the molecule is CC(C)C(C(=O)O)C(Cc1ccc(N)nc1)C(=N)N. The molecular weight excluding hydrogens is 244 g/mol. The van der Waals surface area contributed by atoms with Crippen LogP contribution < -0.4 is 11.5 Å². The number of hydrogen-bond acceptors (Lipinski definition) is 4. The Morgan fingerprint density at radius 3 is 2.47 bits per heavy atom. The van der Waals surface area contributed by atoms with Crippen LogP contribution in [0.1, 0.15) is 19.4 Å². The first kappa shape index (κ1) is 14.9. The Morgan fingerprint density at radius 1 is 1.47 bits per heavy atom. The molecule has 6 heteroatoms. The van der Waals surface area contributed by atoms with Gasteiger partial charge < -0.3 is 16.6 Å². The number of nitrogens with two attached hydrogens (primary N) is 2. The molecule has 0 aliphatic heterocycles. The molecule has 6 N–H and O–H groups in total. The number of rotatable bonds is 6. The van der Waals surface area contributed by atoms with Crippen LogP contribution in [0, 0.1) is 23.2 Å². The molecule has 0 saturated carbocycles. The van der Waals surface area contributed by atoms with E-state index in [1.54, 1.807) is 18.3 Å². The fraction of sp³-hybridized carbons (Fsp3) is 0.462. The minimum Gasteiger partial charge on any atom is -0.481 e. The van der Waals surface area contributed by atoms with Crippen LogP contribution in [0.4, 0.5) is 5.82 Å². The van der Waals surface area contributed by atoms with Crippen molar-refractivity contribution in [3.05, 3.63) is 23.9 Å². The van der Waals surface area contributed by atoms with E-state index in [9.17, 15) is 9.90 Å². The summed E-state index contributed by atoms with van der Waals surface area (Å²) in [5, 5.41) is 16.9. The van der Waals surface area contributed by atoms with E-state index in [1.165, 1.54) is 0 Å². The van der Waals surface area contributed by atoms with Gasteiger partial charge in [-0.25, -0.2) is 4.98 Å². The van der Waals surface area contributed by atoms with E-state index in [-0.39, 0.29) is 11.8 Å². The highest BCUT2D eigenvalue weighted by atomic mass is 16.4. The topological polar surface area (TPSA) is 126 Å². The van der Waals surface area contributed by atoms with Gasteiger partial charge in [-0.15, -0.1) is 0 Å². The van der Waals surface area contributed by atoms with Gasteiger partial charge in [-0.05, 0) is 24.0 Å². The molecule has 1 aromatic rings. The Kier molecular flexibility index (Phi) is 4.86. The summed E-state index contributed by atoms with van der Waals surface area (Å²) >= 11 is 0. The zero-order valence-corrected chi connectivity index (χ0v) is 11.1. The lowest BCUT2D eigenvalue weighted by Crippen LogP contribution is -2.38. The molecule has 0 saturated heterocycles. The third-order valence-corrected chi connectivity index (χ3v) is 3.14. The summed E-state index contributed by atoms with van der Waals surface area (Å²) in [6.45, 7) is 3.63. The van der Waals surface area contributed by atoms with Crippen LogP contribution in [0.2, 0.25) is 0 Å². The second-order valence-electron chi connectivity index (χ2n) is 4.97. The molecule has 1 aromatic heterocycles. The summed E-state index contributed by atoms with van der Waals surface area (Å²) in [6, 6.07) is 3.43.